The third-order valence-corrected chi connectivity index (χ3v) is 8.29. The van der Waals surface area contributed by atoms with Crippen molar-refractivity contribution in [2.75, 3.05) is 13.1 Å². The molecule has 3 N–H and O–H groups in total. The summed E-state index contributed by atoms with van der Waals surface area (Å²) in [5, 5.41) is 9.85. The van der Waals surface area contributed by atoms with Crippen LogP contribution in [-0.2, 0) is 16.1 Å². The maximum atomic E-state index is 15.2. The number of aromatic carboxylic acids is 1. The highest BCUT2D eigenvalue weighted by Crippen LogP contribution is 2.51. The second-order valence-electron chi connectivity index (χ2n) is 8.75. The minimum Gasteiger partial charge on any atom is -0.478 e. The van der Waals surface area contributed by atoms with Crippen LogP contribution in [0.15, 0.2) is 46.2 Å². The van der Waals surface area contributed by atoms with E-state index in [0.29, 0.717) is 29.1 Å². The first kappa shape index (κ1) is 22.7. The van der Waals surface area contributed by atoms with Gasteiger partial charge in [0, 0.05) is 39.9 Å². The second-order valence-corrected chi connectivity index (χ2v) is 10.2. The molecule has 3 atom stereocenters. The number of carbonyl (C=O) groups is 3. The van der Waals surface area contributed by atoms with Crippen molar-refractivity contribution in [3.8, 4) is 0 Å². The van der Waals surface area contributed by atoms with Crippen molar-refractivity contribution >= 4 is 52.0 Å². The number of nitrogens with zero attached hydrogens (tertiary/aromatic N) is 2. The smallest absolute Gasteiger partial charge is 0.335 e. The van der Waals surface area contributed by atoms with E-state index in [4.69, 9.17) is 17.3 Å². The fraction of sp³-hybridized carbons (Fsp3) is 0.292. The summed E-state index contributed by atoms with van der Waals surface area (Å²) in [6.45, 7) is 2.68. The highest BCUT2D eigenvalue weighted by molar-refractivity contribution is 7.99. The molecule has 176 valence electrons. The summed E-state index contributed by atoms with van der Waals surface area (Å²) in [5.41, 5.74) is 6.46. The molecule has 0 radical (unpaired) electrons. The SMILES string of the molecule is Cc1c(Sc2cccc(C(=O)O)c2)c2ccc(Cl)c(F)c2n1CC(=O)N1C[C@@H]2C(C(N)=O)[C@@H]2C1. The number of likely N-dealkylation sites (tertiary alicyclic amines) is 1. The number of halogens is 2. The van der Waals surface area contributed by atoms with E-state index in [0.717, 1.165) is 4.90 Å². The van der Waals surface area contributed by atoms with Crippen molar-refractivity contribution in [1.82, 2.24) is 9.47 Å². The number of nitrogens with two attached hydrogens (primary N) is 1. The summed E-state index contributed by atoms with van der Waals surface area (Å²) >= 11 is 7.38. The van der Waals surface area contributed by atoms with Gasteiger partial charge in [0.25, 0.3) is 0 Å². The zero-order valence-electron chi connectivity index (χ0n) is 18.1. The van der Waals surface area contributed by atoms with Gasteiger partial charge in [-0.1, -0.05) is 29.4 Å². The molecular weight excluding hydrogens is 481 g/mol. The van der Waals surface area contributed by atoms with Crippen LogP contribution >= 0.6 is 23.4 Å². The van der Waals surface area contributed by atoms with Crippen molar-refractivity contribution < 1.29 is 23.9 Å². The molecule has 1 unspecified atom stereocenters. The number of piperidine rings is 1. The Morgan fingerprint density at radius 3 is 2.56 bits per heavy atom. The van der Waals surface area contributed by atoms with Crippen molar-refractivity contribution in [1.29, 1.82) is 0 Å². The average Bonchev–Trinajstić information content (AvgIpc) is 3.19. The molecule has 1 saturated carbocycles. The molecular formula is C24H21ClFN3O4S. The van der Waals surface area contributed by atoms with E-state index in [2.05, 4.69) is 0 Å². The Hall–Kier alpha value is -3.04. The predicted octanol–water partition coefficient (Wildman–Crippen LogP) is 3.78. The third-order valence-electron chi connectivity index (χ3n) is 6.79. The molecule has 2 heterocycles. The summed E-state index contributed by atoms with van der Waals surface area (Å²) < 4.78 is 16.8. The summed E-state index contributed by atoms with van der Waals surface area (Å²) in [6, 6.07) is 9.67. The lowest BCUT2D eigenvalue weighted by molar-refractivity contribution is -0.132. The maximum Gasteiger partial charge on any atom is 0.335 e. The lowest BCUT2D eigenvalue weighted by atomic mass is 10.2. The van der Waals surface area contributed by atoms with Gasteiger partial charge in [-0.2, -0.15) is 0 Å². The van der Waals surface area contributed by atoms with Crippen molar-refractivity contribution in [3.63, 3.8) is 0 Å². The lowest BCUT2D eigenvalue weighted by Crippen LogP contribution is -2.36. The Bertz CT molecular complexity index is 1360. The molecule has 0 spiro atoms. The molecule has 7 nitrogen and oxygen atoms in total. The number of fused-ring (bicyclic) bond motifs is 2. The van der Waals surface area contributed by atoms with Crippen LogP contribution in [0.2, 0.25) is 5.02 Å². The number of amides is 2. The molecule has 1 saturated heterocycles. The van der Waals surface area contributed by atoms with Crippen LogP contribution in [0.25, 0.3) is 10.9 Å². The first-order valence-electron chi connectivity index (χ1n) is 10.7. The van der Waals surface area contributed by atoms with Crippen LogP contribution < -0.4 is 5.73 Å². The third kappa shape index (κ3) is 3.73. The van der Waals surface area contributed by atoms with Crippen LogP contribution in [0.4, 0.5) is 4.39 Å². The Morgan fingerprint density at radius 2 is 1.91 bits per heavy atom. The average molecular weight is 502 g/mol. The largest absolute Gasteiger partial charge is 0.478 e. The monoisotopic (exact) mass is 501 g/mol. The van der Waals surface area contributed by atoms with E-state index in [1.165, 1.54) is 23.9 Å². The van der Waals surface area contributed by atoms with Gasteiger partial charge in [0.05, 0.1) is 16.1 Å². The van der Waals surface area contributed by atoms with Crippen molar-refractivity contribution in [3.05, 3.63) is 58.5 Å². The number of carboxylic acids is 1. The first-order valence-corrected chi connectivity index (χ1v) is 11.9. The number of hydrogen-bond acceptors (Lipinski definition) is 4. The van der Waals surface area contributed by atoms with E-state index in [9.17, 15) is 19.5 Å². The zero-order valence-corrected chi connectivity index (χ0v) is 19.7. The minimum absolute atomic E-state index is 0.0464. The Morgan fingerprint density at radius 1 is 1.21 bits per heavy atom. The molecule has 1 aliphatic heterocycles. The van der Waals surface area contributed by atoms with Gasteiger partial charge in [0.2, 0.25) is 11.8 Å². The molecule has 5 rings (SSSR count). The van der Waals surface area contributed by atoms with Gasteiger partial charge in [-0.25, -0.2) is 9.18 Å². The van der Waals surface area contributed by atoms with Gasteiger partial charge < -0.3 is 20.3 Å². The number of carbonyl (C=O) groups excluding carboxylic acids is 2. The summed E-state index contributed by atoms with van der Waals surface area (Å²) in [7, 11) is 0. The number of hydrogen-bond donors (Lipinski definition) is 2. The number of rotatable bonds is 6. The van der Waals surface area contributed by atoms with Gasteiger partial charge in [0.1, 0.15) is 6.54 Å². The van der Waals surface area contributed by atoms with Gasteiger partial charge in [-0.15, -0.1) is 0 Å². The molecule has 10 heteroatoms. The molecule has 1 aromatic heterocycles. The Kier molecular flexibility index (Phi) is 5.56. The lowest BCUT2D eigenvalue weighted by Gasteiger charge is -2.20. The molecule has 2 fully saturated rings. The summed E-state index contributed by atoms with van der Waals surface area (Å²) in [5.74, 6) is -2.06. The molecule has 2 aromatic carbocycles. The fourth-order valence-corrected chi connectivity index (χ4v) is 6.25. The van der Waals surface area contributed by atoms with Crippen LogP contribution in [-0.4, -0.2) is 45.4 Å². The number of carboxylic acid groups (broad SMARTS) is 1. The Labute approximate surface area is 203 Å². The van der Waals surface area contributed by atoms with E-state index >= 15 is 4.39 Å². The van der Waals surface area contributed by atoms with Crippen LogP contribution in [0.5, 0.6) is 0 Å². The molecule has 0 bridgehead atoms. The van der Waals surface area contributed by atoms with Crippen LogP contribution in [0, 0.1) is 30.5 Å². The topological polar surface area (TPSA) is 106 Å². The number of aromatic nitrogens is 1. The maximum absolute atomic E-state index is 15.2. The van der Waals surface area contributed by atoms with Crippen LogP contribution in [0.1, 0.15) is 16.1 Å². The highest BCUT2D eigenvalue weighted by Gasteiger charge is 2.59. The fourth-order valence-electron chi connectivity index (χ4n) is 5.00. The summed E-state index contributed by atoms with van der Waals surface area (Å²) in [6.07, 6.45) is 0. The van der Waals surface area contributed by atoms with E-state index in [-0.39, 0.29) is 52.2 Å². The van der Waals surface area contributed by atoms with E-state index < -0.39 is 11.8 Å². The van der Waals surface area contributed by atoms with Crippen molar-refractivity contribution in [2.24, 2.45) is 23.5 Å². The molecule has 1 aliphatic carbocycles. The predicted molar refractivity (Wildman–Crippen MR) is 125 cm³/mol. The molecule has 2 aliphatic rings. The normalized spacial score (nSPS) is 21.0. The molecule has 3 aromatic rings. The van der Waals surface area contributed by atoms with Gasteiger partial charge in [0.15, 0.2) is 5.82 Å². The van der Waals surface area contributed by atoms with Gasteiger partial charge in [-0.05, 0) is 49.1 Å². The van der Waals surface area contributed by atoms with E-state index in [1.807, 2.05) is 0 Å². The van der Waals surface area contributed by atoms with Crippen molar-refractivity contribution in [2.45, 2.75) is 23.3 Å². The Balaban J connectivity index is 1.48. The van der Waals surface area contributed by atoms with E-state index in [1.54, 1.807) is 40.7 Å². The molecule has 34 heavy (non-hydrogen) atoms. The highest BCUT2D eigenvalue weighted by atomic mass is 35.5. The molecule has 2 amide bonds. The summed E-state index contributed by atoms with van der Waals surface area (Å²) in [4.78, 5) is 39.0. The van der Waals surface area contributed by atoms with Gasteiger partial charge in [-0.3, -0.25) is 9.59 Å². The first-order chi connectivity index (χ1) is 16.2. The van der Waals surface area contributed by atoms with Gasteiger partial charge >= 0.3 is 5.97 Å². The standard InChI is InChI=1S/C24H21ClFN3O4S/c1-11-22(34-13-4-2-3-12(7-13)24(32)33)14-5-6-17(25)20(26)21(14)29(11)10-18(30)28-8-15-16(9-28)19(15)23(27)31/h2-7,15-16,19H,8-10H2,1H3,(H2,27,31)(H,32,33)/t15-,16+,19?. The number of benzene rings is 2. The second kappa shape index (κ2) is 8.32. The minimum atomic E-state index is -1.03. The van der Waals surface area contributed by atoms with Crippen LogP contribution in [0.3, 0.4) is 0 Å². The quantitative estimate of drug-likeness (QED) is 0.534. The number of primary amides is 1. The zero-order chi connectivity index (χ0) is 24.3.